The van der Waals surface area contributed by atoms with Gasteiger partial charge in [-0.05, 0) is 23.8 Å². The molecule has 0 heterocycles. The highest BCUT2D eigenvalue weighted by molar-refractivity contribution is 7.98. The summed E-state index contributed by atoms with van der Waals surface area (Å²) >= 11 is 1.19. The Hall–Kier alpha value is -1.70. The highest BCUT2D eigenvalue weighted by Gasteiger charge is 2.32. The van der Waals surface area contributed by atoms with Crippen LogP contribution in [0.2, 0.25) is 0 Å². The molecule has 1 aromatic rings. The van der Waals surface area contributed by atoms with Gasteiger partial charge in [0.15, 0.2) is 0 Å². The van der Waals surface area contributed by atoms with Gasteiger partial charge in [-0.25, -0.2) is 4.79 Å². The number of alkyl halides is 3. The smallest absolute Gasteiger partial charge is 0.416 e. The van der Waals surface area contributed by atoms with E-state index in [0.717, 1.165) is 6.07 Å². The van der Waals surface area contributed by atoms with Crippen LogP contribution in [0.1, 0.15) is 17.5 Å². The number of halogens is 3. The number of rotatable bonds is 8. The second kappa shape index (κ2) is 7.92. The molecule has 0 saturated heterocycles. The van der Waals surface area contributed by atoms with Crippen molar-refractivity contribution >= 4 is 24.1 Å². The number of hydrogen-bond acceptors (Lipinski definition) is 3. The van der Waals surface area contributed by atoms with Crippen molar-refractivity contribution in [2.24, 2.45) is 0 Å². The van der Waals surface area contributed by atoms with E-state index in [9.17, 15) is 22.8 Å². The fourth-order valence-electron chi connectivity index (χ4n) is 1.67. The molecule has 0 saturated carbocycles. The van der Waals surface area contributed by atoms with E-state index in [2.05, 4.69) is 5.32 Å². The lowest BCUT2D eigenvalue weighted by Crippen LogP contribution is -2.36. The van der Waals surface area contributed by atoms with E-state index in [0.29, 0.717) is 12.2 Å². The number of nitrogens with one attached hydrogen (secondary N) is 1. The van der Waals surface area contributed by atoms with Crippen molar-refractivity contribution < 1.29 is 27.9 Å². The molecule has 21 heavy (non-hydrogen) atoms. The molecule has 0 aliphatic heterocycles. The van der Waals surface area contributed by atoms with Crippen LogP contribution in [0.15, 0.2) is 24.3 Å². The van der Waals surface area contributed by atoms with E-state index in [1.165, 1.54) is 30.0 Å². The van der Waals surface area contributed by atoms with Crippen LogP contribution >= 0.6 is 11.8 Å². The molecule has 4 nitrogen and oxygen atoms in total. The number of carbonyl (C=O) groups excluding carboxylic acids is 1. The van der Waals surface area contributed by atoms with Gasteiger partial charge in [-0.15, -0.1) is 0 Å². The number of thioether (sulfide) groups is 1. The summed E-state index contributed by atoms with van der Waals surface area (Å²) in [7, 11) is 0. The Morgan fingerprint density at radius 1 is 1.38 bits per heavy atom. The molecule has 1 unspecified atom stereocenters. The Kier molecular flexibility index (Phi) is 6.54. The quantitative estimate of drug-likeness (QED) is 0.570. The molecule has 0 aromatic heterocycles. The van der Waals surface area contributed by atoms with E-state index in [4.69, 9.17) is 5.11 Å². The van der Waals surface area contributed by atoms with Crippen LogP contribution in [0.25, 0.3) is 0 Å². The Bertz CT molecular complexity index is 494. The summed E-state index contributed by atoms with van der Waals surface area (Å²) in [4.78, 5) is 21.0. The summed E-state index contributed by atoms with van der Waals surface area (Å²) in [5.41, 5.74) is -0.525. The fourth-order valence-corrected chi connectivity index (χ4v) is 2.68. The topological polar surface area (TPSA) is 66.4 Å². The number of aliphatic carboxylic acids is 1. The van der Waals surface area contributed by atoms with Gasteiger partial charge in [0, 0.05) is 5.75 Å². The van der Waals surface area contributed by atoms with Crippen LogP contribution in [0.3, 0.4) is 0 Å². The molecular weight excluding hydrogens is 307 g/mol. The third kappa shape index (κ3) is 5.66. The van der Waals surface area contributed by atoms with Gasteiger partial charge in [-0.2, -0.15) is 24.9 Å². The van der Waals surface area contributed by atoms with Gasteiger partial charge in [0.1, 0.15) is 6.04 Å². The predicted molar refractivity (Wildman–Crippen MR) is 72.8 cm³/mol. The second-order valence-electron chi connectivity index (χ2n) is 4.17. The van der Waals surface area contributed by atoms with Crippen molar-refractivity contribution in [1.82, 2.24) is 5.32 Å². The SMILES string of the molecule is O=CNC(CCSCc1ccccc1C(F)(F)F)C(=O)O. The average molecular weight is 321 g/mol. The van der Waals surface area contributed by atoms with Crippen molar-refractivity contribution in [2.45, 2.75) is 24.4 Å². The summed E-state index contributed by atoms with van der Waals surface area (Å²) in [5, 5.41) is 10.9. The molecule has 0 radical (unpaired) electrons. The third-order valence-electron chi connectivity index (χ3n) is 2.70. The number of carbonyl (C=O) groups is 2. The number of carboxylic acid groups (broad SMARTS) is 1. The van der Waals surface area contributed by atoms with E-state index in [1.54, 1.807) is 0 Å². The highest BCUT2D eigenvalue weighted by Crippen LogP contribution is 2.33. The Morgan fingerprint density at radius 2 is 2.05 bits per heavy atom. The molecule has 1 rings (SSSR count). The number of hydrogen-bond donors (Lipinski definition) is 2. The molecule has 0 fully saturated rings. The Morgan fingerprint density at radius 3 is 2.62 bits per heavy atom. The van der Waals surface area contributed by atoms with Gasteiger partial charge < -0.3 is 10.4 Å². The lowest BCUT2D eigenvalue weighted by Gasteiger charge is -2.13. The minimum Gasteiger partial charge on any atom is -0.480 e. The van der Waals surface area contributed by atoms with Crippen LogP contribution in [0.5, 0.6) is 0 Å². The standard InChI is InChI=1S/C13H14F3NO3S/c14-13(15,16)10-4-2-1-3-9(10)7-21-6-5-11(12(19)20)17-8-18/h1-4,8,11H,5-7H2,(H,17,18)(H,19,20). The van der Waals surface area contributed by atoms with Gasteiger partial charge in [0.05, 0.1) is 5.56 Å². The molecule has 1 atom stereocenters. The Balaban J connectivity index is 2.53. The van der Waals surface area contributed by atoms with E-state index in [1.807, 2.05) is 0 Å². The van der Waals surface area contributed by atoms with Crippen LogP contribution in [-0.2, 0) is 21.5 Å². The zero-order valence-corrected chi connectivity index (χ0v) is 11.7. The molecule has 0 spiro atoms. The summed E-state index contributed by atoms with van der Waals surface area (Å²) in [6.07, 6.45) is -3.96. The van der Waals surface area contributed by atoms with Crippen molar-refractivity contribution in [3.8, 4) is 0 Å². The first-order valence-corrected chi connectivity index (χ1v) is 7.17. The van der Waals surface area contributed by atoms with E-state index < -0.39 is 23.8 Å². The molecule has 8 heteroatoms. The van der Waals surface area contributed by atoms with Crippen molar-refractivity contribution in [3.05, 3.63) is 35.4 Å². The first-order chi connectivity index (χ1) is 9.86. The van der Waals surface area contributed by atoms with E-state index in [-0.39, 0.29) is 17.7 Å². The highest BCUT2D eigenvalue weighted by atomic mass is 32.2. The summed E-state index contributed by atoms with van der Waals surface area (Å²) in [6, 6.07) is 4.25. The minimum atomic E-state index is -4.40. The first-order valence-electron chi connectivity index (χ1n) is 6.01. The maximum atomic E-state index is 12.8. The van der Waals surface area contributed by atoms with Gasteiger partial charge in [-0.1, -0.05) is 18.2 Å². The van der Waals surface area contributed by atoms with Gasteiger partial charge >= 0.3 is 12.1 Å². The van der Waals surface area contributed by atoms with Crippen molar-refractivity contribution in [1.29, 1.82) is 0 Å². The molecule has 0 bridgehead atoms. The molecule has 2 N–H and O–H groups in total. The molecule has 1 aromatic carbocycles. The van der Waals surface area contributed by atoms with Crippen molar-refractivity contribution in [3.63, 3.8) is 0 Å². The maximum Gasteiger partial charge on any atom is 0.416 e. The lowest BCUT2D eigenvalue weighted by atomic mass is 10.1. The summed E-state index contributed by atoms with van der Waals surface area (Å²) in [6.45, 7) is 0. The maximum absolute atomic E-state index is 12.8. The fraction of sp³-hybridized carbons (Fsp3) is 0.385. The normalized spacial score (nSPS) is 12.7. The van der Waals surface area contributed by atoms with Crippen LogP contribution < -0.4 is 5.32 Å². The number of benzene rings is 1. The van der Waals surface area contributed by atoms with Crippen LogP contribution in [0.4, 0.5) is 13.2 Å². The second-order valence-corrected chi connectivity index (χ2v) is 5.28. The molecule has 0 aliphatic rings. The number of carboxylic acids is 1. The Labute approximate surface area is 123 Å². The van der Waals surface area contributed by atoms with Crippen molar-refractivity contribution in [2.75, 3.05) is 5.75 Å². The lowest BCUT2D eigenvalue weighted by molar-refractivity contribution is -0.140. The monoisotopic (exact) mass is 321 g/mol. The van der Waals surface area contributed by atoms with Crippen LogP contribution in [0, 0.1) is 0 Å². The zero-order valence-electron chi connectivity index (χ0n) is 10.9. The predicted octanol–water partition coefficient (Wildman–Crippen LogP) is 2.53. The molecule has 116 valence electrons. The van der Waals surface area contributed by atoms with Gasteiger partial charge in [-0.3, -0.25) is 4.79 Å². The minimum absolute atomic E-state index is 0.128. The molecule has 1 amide bonds. The largest absolute Gasteiger partial charge is 0.480 e. The molecular formula is C13H14F3NO3S. The summed E-state index contributed by atoms with van der Waals surface area (Å²) < 4.78 is 38.3. The third-order valence-corrected chi connectivity index (χ3v) is 3.74. The van der Waals surface area contributed by atoms with Crippen LogP contribution in [-0.4, -0.2) is 29.3 Å². The average Bonchev–Trinajstić information content (AvgIpc) is 2.41. The van der Waals surface area contributed by atoms with Gasteiger partial charge in [0.2, 0.25) is 6.41 Å². The molecule has 0 aliphatic carbocycles. The van der Waals surface area contributed by atoms with E-state index >= 15 is 0 Å². The summed E-state index contributed by atoms with van der Waals surface area (Å²) in [5.74, 6) is -0.717. The zero-order chi connectivity index (χ0) is 15.9. The number of amides is 1. The van der Waals surface area contributed by atoms with Gasteiger partial charge in [0.25, 0.3) is 0 Å². The first kappa shape index (κ1) is 17.4.